The first-order chi connectivity index (χ1) is 9.35. The third-order valence-corrected chi connectivity index (χ3v) is 2.71. The van der Waals surface area contributed by atoms with Gasteiger partial charge >= 0.3 is 6.61 Å². The van der Waals surface area contributed by atoms with Crippen LogP contribution < -0.4 is 9.47 Å². The number of carbonyl (C=O) groups excluding carboxylic acids is 2. The summed E-state index contributed by atoms with van der Waals surface area (Å²) in [5.74, 6) is -1.02. The highest BCUT2D eigenvalue weighted by atomic mass is 19.3. The molecule has 0 heterocycles. The summed E-state index contributed by atoms with van der Waals surface area (Å²) in [6.45, 7) is -0.00557. The molecule has 0 aliphatic carbocycles. The number of rotatable bonds is 7. The predicted molar refractivity (Wildman–Crippen MR) is 68.4 cm³/mol. The summed E-state index contributed by atoms with van der Waals surface area (Å²) in [6.07, 6.45) is 0.107. The van der Waals surface area contributed by atoms with Crippen LogP contribution in [0.15, 0.2) is 18.2 Å². The number of hydrogen-bond donors (Lipinski definition) is 0. The first kappa shape index (κ1) is 16.1. The van der Waals surface area contributed by atoms with Gasteiger partial charge in [-0.3, -0.25) is 4.79 Å². The molecule has 0 fully saturated rings. The van der Waals surface area contributed by atoms with Crippen molar-refractivity contribution in [2.24, 2.45) is 5.92 Å². The summed E-state index contributed by atoms with van der Waals surface area (Å²) in [7, 11) is 1.31. The fraction of sp³-hybridized carbons (Fsp3) is 0.429. The summed E-state index contributed by atoms with van der Waals surface area (Å²) in [4.78, 5) is 23.1. The molecular weight excluding hydrogens is 270 g/mol. The van der Waals surface area contributed by atoms with E-state index in [0.717, 1.165) is 0 Å². The normalized spacial score (nSPS) is 12.1. The fourth-order valence-electron chi connectivity index (χ4n) is 1.83. The lowest BCUT2D eigenvalue weighted by Crippen LogP contribution is -2.15. The average Bonchev–Trinajstić information content (AvgIpc) is 2.36. The Labute approximate surface area is 115 Å². The van der Waals surface area contributed by atoms with Crippen LogP contribution in [0.3, 0.4) is 0 Å². The van der Waals surface area contributed by atoms with Crippen molar-refractivity contribution in [3.05, 3.63) is 23.8 Å². The standard InChI is InChI=1S/C14H16F2O4/c1-8(6-9(2)17)13(18)10-4-5-11(19-3)12(7-10)20-14(15)16/h4-5,7-8,14H,6H2,1-3H3. The predicted octanol–water partition coefficient (Wildman–Crippen LogP) is 3.09. The molecular formula is C14H16F2O4. The summed E-state index contributed by atoms with van der Waals surface area (Å²) in [5.41, 5.74) is 0.204. The highest BCUT2D eigenvalue weighted by molar-refractivity contribution is 6.00. The van der Waals surface area contributed by atoms with Crippen molar-refractivity contribution >= 4 is 11.6 Å². The maximum atomic E-state index is 12.3. The maximum Gasteiger partial charge on any atom is 0.387 e. The summed E-state index contributed by atoms with van der Waals surface area (Å²) < 4.78 is 33.8. The van der Waals surface area contributed by atoms with Gasteiger partial charge in [-0.1, -0.05) is 6.92 Å². The molecule has 1 rings (SSSR count). The molecule has 0 aromatic heterocycles. The molecule has 0 aliphatic heterocycles. The van der Waals surface area contributed by atoms with Gasteiger partial charge in [-0.2, -0.15) is 8.78 Å². The highest BCUT2D eigenvalue weighted by Crippen LogP contribution is 2.30. The molecule has 1 aromatic carbocycles. The van der Waals surface area contributed by atoms with Crippen molar-refractivity contribution in [1.82, 2.24) is 0 Å². The van der Waals surface area contributed by atoms with E-state index in [1.807, 2.05) is 0 Å². The number of benzene rings is 1. The molecule has 0 N–H and O–H groups in total. The number of alkyl halides is 2. The Morgan fingerprint density at radius 3 is 2.40 bits per heavy atom. The van der Waals surface area contributed by atoms with E-state index in [2.05, 4.69) is 4.74 Å². The minimum Gasteiger partial charge on any atom is -0.493 e. The molecule has 0 radical (unpaired) electrons. The van der Waals surface area contributed by atoms with E-state index >= 15 is 0 Å². The van der Waals surface area contributed by atoms with Crippen molar-refractivity contribution in [1.29, 1.82) is 0 Å². The lowest BCUT2D eigenvalue weighted by Gasteiger charge is -2.13. The van der Waals surface area contributed by atoms with E-state index in [1.165, 1.54) is 32.2 Å². The number of ether oxygens (including phenoxy) is 2. The first-order valence-electron chi connectivity index (χ1n) is 6.01. The minimum atomic E-state index is -3.01. The molecule has 0 spiro atoms. The third-order valence-electron chi connectivity index (χ3n) is 2.71. The van der Waals surface area contributed by atoms with Crippen LogP contribution in [0.1, 0.15) is 30.6 Å². The van der Waals surface area contributed by atoms with Gasteiger partial charge in [0, 0.05) is 17.9 Å². The second kappa shape index (κ2) is 6.98. The Morgan fingerprint density at radius 2 is 1.90 bits per heavy atom. The number of halogens is 2. The van der Waals surface area contributed by atoms with Crippen molar-refractivity contribution < 1.29 is 27.8 Å². The van der Waals surface area contributed by atoms with Gasteiger partial charge in [-0.05, 0) is 25.1 Å². The van der Waals surface area contributed by atoms with Gasteiger partial charge in [-0.15, -0.1) is 0 Å². The SMILES string of the molecule is COc1ccc(C(=O)C(C)CC(C)=O)cc1OC(F)F. The molecule has 110 valence electrons. The molecule has 0 saturated heterocycles. The zero-order valence-corrected chi connectivity index (χ0v) is 11.5. The Hall–Kier alpha value is -1.98. The topological polar surface area (TPSA) is 52.6 Å². The quantitative estimate of drug-likeness (QED) is 0.723. The molecule has 1 atom stereocenters. The van der Waals surface area contributed by atoms with E-state index in [1.54, 1.807) is 6.92 Å². The van der Waals surface area contributed by atoms with Crippen LogP contribution in [0.5, 0.6) is 11.5 Å². The lowest BCUT2D eigenvalue weighted by molar-refractivity contribution is -0.117. The number of Topliss-reactive ketones (excluding diaryl/α,β-unsaturated/α-hetero) is 2. The van der Waals surface area contributed by atoms with Gasteiger partial charge in [-0.25, -0.2) is 0 Å². The molecule has 0 saturated carbocycles. The van der Waals surface area contributed by atoms with Crippen LogP contribution in [0.4, 0.5) is 8.78 Å². The molecule has 1 aromatic rings. The van der Waals surface area contributed by atoms with Crippen LogP contribution in [0.2, 0.25) is 0 Å². The van der Waals surface area contributed by atoms with E-state index in [4.69, 9.17) is 4.74 Å². The molecule has 0 amide bonds. The van der Waals surface area contributed by atoms with Crippen LogP contribution in [0.25, 0.3) is 0 Å². The number of hydrogen-bond acceptors (Lipinski definition) is 4. The second-order valence-corrected chi connectivity index (χ2v) is 4.42. The molecule has 6 heteroatoms. The summed E-state index contributed by atoms with van der Waals surface area (Å²) in [5, 5.41) is 0. The van der Waals surface area contributed by atoms with Gasteiger partial charge in [0.15, 0.2) is 17.3 Å². The molecule has 0 aliphatic rings. The van der Waals surface area contributed by atoms with Crippen molar-refractivity contribution in [3.8, 4) is 11.5 Å². The van der Waals surface area contributed by atoms with Gasteiger partial charge in [0.2, 0.25) is 0 Å². The van der Waals surface area contributed by atoms with Crippen LogP contribution in [-0.2, 0) is 4.79 Å². The van der Waals surface area contributed by atoms with Gasteiger partial charge in [0.25, 0.3) is 0 Å². The Bertz CT molecular complexity index is 500. The maximum absolute atomic E-state index is 12.3. The zero-order valence-electron chi connectivity index (χ0n) is 11.5. The van der Waals surface area contributed by atoms with Gasteiger partial charge in [0.1, 0.15) is 5.78 Å². The monoisotopic (exact) mass is 286 g/mol. The van der Waals surface area contributed by atoms with E-state index in [9.17, 15) is 18.4 Å². The number of ketones is 2. The van der Waals surface area contributed by atoms with E-state index < -0.39 is 12.5 Å². The van der Waals surface area contributed by atoms with Crippen molar-refractivity contribution in [2.45, 2.75) is 26.9 Å². The van der Waals surface area contributed by atoms with Crippen LogP contribution in [-0.4, -0.2) is 25.3 Å². The van der Waals surface area contributed by atoms with Crippen LogP contribution >= 0.6 is 0 Å². The summed E-state index contributed by atoms with van der Waals surface area (Å²) in [6, 6.07) is 4.03. The lowest BCUT2D eigenvalue weighted by atomic mass is 9.95. The minimum absolute atomic E-state index is 0.107. The van der Waals surface area contributed by atoms with Gasteiger partial charge < -0.3 is 14.3 Å². The summed E-state index contributed by atoms with van der Waals surface area (Å²) >= 11 is 0. The number of carbonyl (C=O) groups is 2. The van der Waals surface area contributed by atoms with Crippen molar-refractivity contribution in [3.63, 3.8) is 0 Å². The highest BCUT2D eigenvalue weighted by Gasteiger charge is 2.19. The average molecular weight is 286 g/mol. The molecule has 4 nitrogen and oxygen atoms in total. The zero-order chi connectivity index (χ0) is 15.3. The Kier molecular flexibility index (Phi) is 5.61. The molecule has 1 unspecified atom stereocenters. The second-order valence-electron chi connectivity index (χ2n) is 4.42. The third kappa shape index (κ3) is 4.29. The fourth-order valence-corrected chi connectivity index (χ4v) is 1.83. The largest absolute Gasteiger partial charge is 0.493 e. The van der Waals surface area contributed by atoms with Gasteiger partial charge in [0.05, 0.1) is 7.11 Å². The number of methoxy groups -OCH3 is 1. The first-order valence-corrected chi connectivity index (χ1v) is 6.01. The van der Waals surface area contributed by atoms with E-state index in [-0.39, 0.29) is 35.0 Å². The Morgan fingerprint density at radius 1 is 1.25 bits per heavy atom. The smallest absolute Gasteiger partial charge is 0.387 e. The van der Waals surface area contributed by atoms with Crippen LogP contribution in [0, 0.1) is 5.92 Å². The van der Waals surface area contributed by atoms with E-state index in [0.29, 0.717) is 0 Å². The Balaban J connectivity index is 3.01. The molecule has 20 heavy (non-hydrogen) atoms. The molecule has 0 bridgehead atoms. The van der Waals surface area contributed by atoms with Crippen molar-refractivity contribution in [2.75, 3.05) is 7.11 Å².